The molecule has 0 aromatic carbocycles. The summed E-state index contributed by atoms with van der Waals surface area (Å²) in [6.45, 7) is 6.68. The second kappa shape index (κ2) is 14.2. The molecule has 1 saturated heterocycles. The minimum Gasteiger partial charge on any atom is -0.404 e. The molecule has 2 fully saturated rings. The van der Waals surface area contributed by atoms with Gasteiger partial charge >= 0.3 is 0 Å². The third-order valence-corrected chi connectivity index (χ3v) is 8.01. The maximum Gasteiger partial charge on any atom is 0.259 e. The number of nitriles is 1. The van der Waals surface area contributed by atoms with Gasteiger partial charge in [-0.15, -0.1) is 0 Å². The van der Waals surface area contributed by atoms with Gasteiger partial charge in [0, 0.05) is 45.6 Å². The van der Waals surface area contributed by atoms with Gasteiger partial charge in [-0.05, 0) is 63.7 Å². The zero-order chi connectivity index (χ0) is 28.4. The Morgan fingerprint density at radius 3 is 2.73 bits per heavy atom. The number of methoxy groups -OCH3 is 1. The lowest BCUT2D eigenvalue weighted by Gasteiger charge is -2.41. The van der Waals surface area contributed by atoms with Crippen LogP contribution in [0.25, 0.3) is 0 Å². The summed E-state index contributed by atoms with van der Waals surface area (Å²) in [6, 6.07) is 6.71. The molecular formula is C30H41N7O3. The van der Waals surface area contributed by atoms with E-state index in [2.05, 4.69) is 37.7 Å². The summed E-state index contributed by atoms with van der Waals surface area (Å²) in [5.41, 5.74) is 8.56. The SMILES string of the molecule is COCCCC1=CC=C(N=C(C)C(=CN)C(=O)Nc2ccc(C3(C#N)CCC(N4CCOCC4)CC3)nc2)NC1. The van der Waals surface area contributed by atoms with Crippen LogP contribution in [0.15, 0.2) is 58.6 Å². The number of carbonyl (C=O) groups is 1. The van der Waals surface area contributed by atoms with Crippen LogP contribution in [0.2, 0.25) is 0 Å². The number of dihydropyridines is 1. The molecule has 0 unspecified atom stereocenters. The molecule has 0 bridgehead atoms. The fourth-order valence-electron chi connectivity index (χ4n) is 5.59. The summed E-state index contributed by atoms with van der Waals surface area (Å²) >= 11 is 0. The molecule has 3 aliphatic rings. The number of carbonyl (C=O) groups excluding carboxylic acids is 1. The summed E-state index contributed by atoms with van der Waals surface area (Å²) in [5, 5.41) is 16.3. The van der Waals surface area contributed by atoms with Crippen molar-refractivity contribution in [1.82, 2.24) is 15.2 Å². The van der Waals surface area contributed by atoms with Crippen LogP contribution in [0, 0.1) is 11.3 Å². The third kappa shape index (κ3) is 7.36. The molecule has 1 saturated carbocycles. The Bertz CT molecular complexity index is 1180. The number of rotatable bonds is 10. The highest BCUT2D eigenvalue weighted by atomic mass is 16.5. The first-order valence-corrected chi connectivity index (χ1v) is 14.1. The van der Waals surface area contributed by atoms with Gasteiger partial charge in [0.15, 0.2) is 0 Å². The number of allylic oxidation sites excluding steroid dienone is 2. The van der Waals surface area contributed by atoms with Crippen LogP contribution in [0.3, 0.4) is 0 Å². The van der Waals surface area contributed by atoms with Crippen molar-refractivity contribution in [2.45, 2.75) is 56.9 Å². The molecule has 1 aliphatic carbocycles. The van der Waals surface area contributed by atoms with Gasteiger partial charge in [-0.2, -0.15) is 5.26 Å². The van der Waals surface area contributed by atoms with E-state index in [4.69, 9.17) is 15.2 Å². The smallest absolute Gasteiger partial charge is 0.259 e. The van der Waals surface area contributed by atoms with Crippen molar-refractivity contribution in [2.24, 2.45) is 10.7 Å². The molecule has 0 spiro atoms. The van der Waals surface area contributed by atoms with Crippen LogP contribution < -0.4 is 16.4 Å². The number of nitrogens with two attached hydrogens (primary N) is 1. The number of anilines is 1. The highest BCUT2D eigenvalue weighted by molar-refractivity contribution is 6.24. The number of hydrogen-bond donors (Lipinski definition) is 3. The number of amides is 1. The molecule has 4 rings (SSSR count). The van der Waals surface area contributed by atoms with Crippen LogP contribution in [0.4, 0.5) is 5.69 Å². The van der Waals surface area contributed by atoms with E-state index < -0.39 is 5.41 Å². The Hall–Kier alpha value is -3.52. The van der Waals surface area contributed by atoms with E-state index in [1.54, 1.807) is 26.3 Å². The summed E-state index contributed by atoms with van der Waals surface area (Å²) in [6.07, 6.45) is 12.2. The number of nitrogens with zero attached hydrogens (tertiary/aromatic N) is 4. The number of hydrogen-bond acceptors (Lipinski definition) is 9. The minimum absolute atomic E-state index is 0.275. The van der Waals surface area contributed by atoms with Crippen molar-refractivity contribution in [1.29, 1.82) is 5.26 Å². The van der Waals surface area contributed by atoms with E-state index in [0.717, 1.165) is 77.1 Å². The maximum absolute atomic E-state index is 13.0. The van der Waals surface area contributed by atoms with Crippen molar-refractivity contribution < 1.29 is 14.3 Å². The molecule has 10 heteroatoms. The monoisotopic (exact) mass is 547 g/mol. The van der Waals surface area contributed by atoms with Crippen LogP contribution in [0.1, 0.15) is 51.1 Å². The Labute approximate surface area is 237 Å². The van der Waals surface area contributed by atoms with Gasteiger partial charge in [0.2, 0.25) is 0 Å². The lowest BCUT2D eigenvalue weighted by atomic mass is 9.71. The summed E-state index contributed by atoms with van der Waals surface area (Å²) < 4.78 is 10.6. The van der Waals surface area contributed by atoms with Gasteiger partial charge in [-0.25, -0.2) is 4.99 Å². The predicted molar refractivity (Wildman–Crippen MR) is 155 cm³/mol. The number of ether oxygens (including phenoxy) is 2. The molecule has 40 heavy (non-hydrogen) atoms. The van der Waals surface area contributed by atoms with Gasteiger partial charge in [0.25, 0.3) is 5.91 Å². The van der Waals surface area contributed by atoms with Crippen molar-refractivity contribution in [3.05, 3.63) is 59.3 Å². The topological polar surface area (TPSA) is 138 Å². The van der Waals surface area contributed by atoms with E-state index in [1.165, 1.54) is 11.8 Å². The molecule has 3 heterocycles. The van der Waals surface area contributed by atoms with E-state index >= 15 is 0 Å². The Morgan fingerprint density at radius 1 is 1.35 bits per heavy atom. The Morgan fingerprint density at radius 2 is 2.12 bits per heavy atom. The number of aromatic nitrogens is 1. The fraction of sp³-hybridized carbons (Fsp3) is 0.533. The molecule has 2 aliphatic heterocycles. The quantitative estimate of drug-likeness (QED) is 0.231. The zero-order valence-corrected chi connectivity index (χ0v) is 23.6. The highest BCUT2D eigenvalue weighted by Gasteiger charge is 2.40. The normalized spacial score (nSPS) is 24.4. The minimum atomic E-state index is -0.601. The second-order valence-electron chi connectivity index (χ2n) is 10.6. The number of morpholine rings is 1. The lowest BCUT2D eigenvalue weighted by Crippen LogP contribution is -2.47. The van der Waals surface area contributed by atoms with Crippen molar-refractivity contribution in [3.63, 3.8) is 0 Å². The molecule has 0 radical (unpaired) electrons. The lowest BCUT2D eigenvalue weighted by molar-refractivity contribution is -0.112. The van der Waals surface area contributed by atoms with Crippen LogP contribution >= 0.6 is 0 Å². The van der Waals surface area contributed by atoms with E-state index in [1.807, 2.05) is 12.1 Å². The average molecular weight is 548 g/mol. The van der Waals surface area contributed by atoms with Crippen LogP contribution in [-0.2, 0) is 19.7 Å². The summed E-state index contributed by atoms with van der Waals surface area (Å²) in [4.78, 5) is 24.7. The molecule has 10 nitrogen and oxygen atoms in total. The number of nitrogens with one attached hydrogen (secondary N) is 2. The molecular weight excluding hydrogens is 506 g/mol. The largest absolute Gasteiger partial charge is 0.404 e. The van der Waals surface area contributed by atoms with Gasteiger partial charge in [-0.1, -0.05) is 11.6 Å². The van der Waals surface area contributed by atoms with Crippen molar-refractivity contribution in [2.75, 3.05) is 51.9 Å². The molecule has 1 aromatic rings. The van der Waals surface area contributed by atoms with Gasteiger partial charge in [0.05, 0.1) is 53.6 Å². The summed E-state index contributed by atoms with van der Waals surface area (Å²) in [7, 11) is 1.70. The first-order chi connectivity index (χ1) is 19.5. The highest BCUT2D eigenvalue weighted by Crippen LogP contribution is 2.40. The van der Waals surface area contributed by atoms with Gasteiger partial charge in [-0.3, -0.25) is 14.7 Å². The number of pyridine rings is 1. The van der Waals surface area contributed by atoms with Gasteiger partial charge in [0.1, 0.15) is 5.82 Å². The zero-order valence-electron chi connectivity index (χ0n) is 23.6. The standard InChI is InChI=1S/C30H41N7O3/c1-22(35-28-8-5-23(19-34-28)4-3-15-39-2)26(18-31)29(38)36-24-6-7-27(33-20-24)30(21-32)11-9-25(10-12-30)37-13-16-40-17-14-37/h5-8,18,20,25,34H,3-4,9-17,19,31H2,1-2H3,(H,36,38). The molecule has 214 valence electrons. The van der Waals surface area contributed by atoms with E-state index in [9.17, 15) is 10.1 Å². The maximum atomic E-state index is 13.0. The first kappa shape index (κ1) is 29.5. The first-order valence-electron chi connectivity index (χ1n) is 14.1. The van der Waals surface area contributed by atoms with Crippen molar-refractivity contribution >= 4 is 17.3 Å². The third-order valence-electron chi connectivity index (χ3n) is 8.01. The second-order valence-corrected chi connectivity index (χ2v) is 10.6. The predicted octanol–water partition coefficient (Wildman–Crippen LogP) is 3.16. The van der Waals surface area contributed by atoms with Crippen LogP contribution in [-0.4, -0.2) is 74.1 Å². The molecule has 0 atom stereocenters. The molecule has 1 aromatic heterocycles. The Balaban J connectivity index is 1.35. The van der Waals surface area contributed by atoms with Gasteiger partial charge < -0.3 is 25.8 Å². The van der Waals surface area contributed by atoms with E-state index in [0.29, 0.717) is 29.8 Å². The Kier molecular flexibility index (Phi) is 10.5. The average Bonchev–Trinajstić information content (AvgIpc) is 2.99. The number of aliphatic imine (C=N–C) groups is 1. The fourth-order valence-corrected chi connectivity index (χ4v) is 5.59. The molecule has 4 N–H and O–H groups in total. The van der Waals surface area contributed by atoms with E-state index in [-0.39, 0.29) is 11.5 Å². The molecule has 1 amide bonds. The van der Waals surface area contributed by atoms with Crippen molar-refractivity contribution in [3.8, 4) is 6.07 Å². The van der Waals surface area contributed by atoms with Crippen LogP contribution in [0.5, 0.6) is 0 Å². The summed E-state index contributed by atoms with van der Waals surface area (Å²) in [5.74, 6) is 0.308.